The number of hydrogen-bond donors (Lipinski definition) is 0. The standard InChI is InChI=1S/C23H24N4O2S/c1-4-5-12-26-21(29)17-8-6-7-9-19(17)27-22(26)24-25-23(27)30-14-20(28)18-13-15(2)10-11-16(18)3/h6-11,13H,4-5,12,14H2,1-3H3. The molecular weight excluding hydrogens is 396 g/mol. The van der Waals surface area contributed by atoms with Crippen molar-refractivity contribution in [1.82, 2.24) is 19.2 Å². The maximum Gasteiger partial charge on any atom is 0.262 e. The number of carbonyl (C=O) groups excluding carboxylic acids is 1. The van der Waals surface area contributed by atoms with E-state index in [1.807, 2.05) is 60.7 Å². The minimum absolute atomic E-state index is 0.0537. The highest BCUT2D eigenvalue weighted by Gasteiger charge is 2.18. The Morgan fingerprint density at radius 2 is 1.90 bits per heavy atom. The number of carbonyl (C=O) groups is 1. The number of benzene rings is 2. The first kappa shape index (κ1) is 20.3. The van der Waals surface area contributed by atoms with Crippen LogP contribution in [0.4, 0.5) is 0 Å². The predicted octanol–water partition coefficient (Wildman–Crippen LogP) is 4.44. The summed E-state index contributed by atoms with van der Waals surface area (Å²) in [7, 11) is 0. The van der Waals surface area contributed by atoms with Crippen molar-refractivity contribution in [3.63, 3.8) is 0 Å². The van der Waals surface area contributed by atoms with Crippen molar-refractivity contribution in [1.29, 1.82) is 0 Å². The van der Waals surface area contributed by atoms with E-state index in [4.69, 9.17) is 0 Å². The van der Waals surface area contributed by atoms with Gasteiger partial charge in [0.2, 0.25) is 5.78 Å². The summed E-state index contributed by atoms with van der Waals surface area (Å²) < 4.78 is 3.59. The van der Waals surface area contributed by atoms with Gasteiger partial charge in [-0.3, -0.25) is 18.6 Å². The highest BCUT2D eigenvalue weighted by Crippen LogP contribution is 2.23. The Morgan fingerprint density at radius 1 is 1.10 bits per heavy atom. The van der Waals surface area contributed by atoms with Crippen molar-refractivity contribution in [2.75, 3.05) is 5.75 Å². The topological polar surface area (TPSA) is 69.3 Å². The number of thioether (sulfide) groups is 1. The molecule has 0 spiro atoms. The number of ketones is 1. The summed E-state index contributed by atoms with van der Waals surface area (Å²) in [6.45, 7) is 6.61. The average Bonchev–Trinajstić information content (AvgIpc) is 3.17. The number of fused-ring (bicyclic) bond motifs is 3. The van der Waals surface area contributed by atoms with Crippen LogP contribution >= 0.6 is 11.8 Å². The molecule has 0 atom stereocenters. The summed E-state index contributed by atoms with van der Waals surface area (Å²) in [5, 5.41) is 9.88. The largest absolute Gasteiger partial charge is 0.293 e. The number of nitrogens with zero attached hydrogens (tertiary/aromatic N) is 4. The Morgan fingerprint density at radius 3 is 2.70 bits per heavy atom. The third-order valence-electron chi connectivity index (χ3n) is 5.24. The molecule has 2 heterocycles. The molecule has 4 aromatic rings. The summed E-state index contributed by atoms with van der Waals surface area (Å²) >= 11 is 1.35. The van der Waals surface area contributed by atoms with E-state index >= 15 is 0 Å². The zero-order valence-electron chi connectivity index (χ0n) is 17.4. The van der Waals surface area contributed by atoms with Crippen molar-refractivity contribution in [2.45, 2.75) is 45.3 Å². The molecule has 2 aromatic heterocycles. The first-order chi connectivity index (χ1) is 14.5. The number of unbranched alkanes of at least 4 members (excludes halogenated alkanes) is 1. The zero-order chi connectivity index (χ0) is 21.3. The smallest absolute Gasteiger partial charge is 0.262 e. The van der Waals surface area contributed by atoms with Crippen LogP contribution in [-0.4, -0.2) is 30.7 Å². The number of aryl methyl sites for hydroxylation is 3. The lowest BCUT2D eigenvalue weighted by molar-refractivity contribution is 0.102. The van der Waals surface area contributed by atoms with Crippen molar-refractivity contribution in [3.8, 4) is 0 Å². The van der Waals surface area contributed by atoms with E-state index in [-0.39, 0.29) is 17.1 Å². The molecule has 30 heavy (non-hydrogen) atoms. The number of rotatable bonds is 7. The molecule has 7 heteroatoms. The van der Waals surface area contributed by atoms with Gasteiger partial charge in [-0.1, -0.05) is 54.9 Å². The van der Waals surface area contributed by atoms with Gasteiger partial charge < -0.3 is 0 Å². The monoisotopic (exact) mass is 420 g/mol. The van der Waals surface area contributed by atoms with Crippen LogP contribution in [0.3, 0.4) is 0 Å². The fourth-order valence-corrected chi connectivity index (χ4v) is 4.41. The van der Waals surface area contributed by atoms with E-state index in [0.29, 0.717) is 22.9 Å². The van der Waals surface area contributed by atoms with E-state index < -0.39 is 0 Å². The maximum absolute atomic E-state index is 13.0. The van der Waals surface area contributed by atoms with E-state index in [0.717, 1.165) is 35.0 Å². The molecular formula is C23H24N4O2S. The summed E-state index contributed by atoms with van der Waals surface area (Å²) in [6, 6.07) is 13.4. The van der Waals surface area contributed by atoms with Crippen molar-refractivity contribution >= 4 is 34.2 Å². The predicted molar refractivity (Wildman–Crippen MR) is 121 cm³/mol. The Hall–Kier alpha value is -2.93. The van der Waals surface area contributed by atoms with Gasteiger partial charge in [-0.25, -0.2) is 0 Å². The van der Waals surface area contributed by atoms with Crippen LogP contribution in [0.2, 0.25) is 0 Å². The minimum atomic E-state index is -0.0537. The Bertz CT molecular complexity index is 1310. The SMILES string of the molecule is CCCCn1c(=O)c2ccccc2n2c(SCC(=O)c3cc(C)ccc3C)nnc12. The van der Waals surface area contributed by atoms with Gasteiger partial charge in [-0.2, -0.15) is 0 Å². The second-order valence-electron chi connectivity index (χ2n) is 7.48. The Balaban J connectivity index is 1.75. The van der Waals surface area contributed by atoms with E-state index in [9.17, 15) is 9.59 Å². The van der Waals surface area contributed by atoms with Crippen molar-refractivity contribution in [2.24, 2.45) is 0 Å². The molecule has 0 radical (unpaired) electrons. The Labute approximate surface area is 178 Å². The van der Waals surface area contributed by atoms with E-state index in [1.165, 1.54) is 11.8 Å². The van der Waals surface area contributed by atoms with Crippen LogP contribution < -0.4 is 5.56 Å². The van der Waals surface area contributed by atoms with Crippen LogP contribution in [-0.2, 0) is 6.54 Å². The molecule has 154 valence electrons. The lowest BCUT2D eigenvalue weighted by atomic mass is 10.0. The first-order valence-corrected chi connectivity index (χ1v) is 11.1. The second-order valence-corrected chi connectivity index (χ2v) is 8.42. The lowest BCUT2D eigenvalue weighted by Gasteiger charge is -2.11. The van der Waals surface area contributed by atoms with Gasteiger partial charge in [-0.15, -0.1) is 10.2 Å². The van der Waals surface area contributed by atoms with Crippen LogP contribution in [0.5, 0.6) is 0 Å². The van der Waals surface area contributed by atoms with Gasteiger partial charge in [-0.05, 0) is 44.0 Å². The quantitative estimate of drug-likeness (QED) is 0.327. The van der Waals surface area contributed by atoms with Crippen molar-refractivity contribution in [3.05, 3.63) is 69.5 Å². The van der Waals surface area contributed by atoms with E-state index in [1.54, 1.807) is 4.57 Å². The van der Waals surface area contributed by atoms with Crippen LogP contribution in [0.15, 0.2) is 52.4 Å². The Kier molecular flexibility index (Phi) is 5.72. The number of Topliss-reactive ketones (excluding diaryl/α,β-unsaturated/α-hetero) is 1. The molecule has 0 N–H and O–H groups in total. The van der Waals surface area contributed by atoms with Gasteiger partial charge >= 0.3 is 0 Å². The third kappa shape index (κ3) is 3.65. The summed E-state index contributed by atoms with van der Waals surface area (Å²) in [6.07, 6.45) is 1.86. The minimum Gasteiger partial charge on any atom is -0.293 e. The van der Waals surface area contributed by atoms with E-state index in [2.05, 4.69) is 17.1 Å². The molecule has 0 bridgehead atoms. The molecule has 2 aromatic carbocycles. The molecule has 6 nitrogen and oxygen atoms in total. The highest BCUT2D eigenvalue weighted by atomic mass is 32.2. The highest BCUT2D eigenvalue weighted by molar-refractivity contribution is 7.99. The first-order valence-electron chi connectivity index (χ1n) is 10.1. The van der Waals surface area contributed by atoms with Gasteiger partial charge in [0.1, 0.15) is 0 Å². The van der Waals surface area contributed by atoms with Crippen LogP contribution in [0.25, 0.3) is 16.7 Å². The van der Waals surface area contributed by atoms with Gasteiger partial charge in [0, 0.05) is 12.1 Å². The molecule has 0 aliphatic carbocycles. The van der Waals surface area contributed by atoms with Crippen molar-refractivity contribution < 1.29 is 4.79 Å². The lowest BCUT2D eigenvalue weighted by Crippen LogP contribution is -2.23. The summed E-state index contributed by atoms with van der Waals surface area (Å²) in [4.78, 5) is 25.8. The molecule has 4 rings (SSSR count). The normalized spacial score (nSPS) is 11.4. The van der Waals surface area contributed by atoms with Gasteiger partial charge in [0.15, 0.2) is 10.9 Å². The maximum atomic E-state index is 13.0. The summed E-state index contributed by atoms with van der Waals surface area (Å²) in [5.74, 6) is 0.837. The molecule has 0 saturated carbocycles. The summed E-state index contributed by atoms with van der Waals surface area (Å²) in [5.41, 5.74) is 3.48. The zero-order valence-corrected chi connectivity index (χ0v) is 18.2. The van der Waals surface area contributed by atoms with Gasteiger partial charge in [0.25, 0.3) is 5.56 Å². The fraction of sp³-hybridized carbons (Fsp3) is 0.304. The molecule has 0 aliphatic rings. The molecule has 0 amide bonds. The molecule has 0 saturated heterocycles. The molecule has 0 aliphatic heterocycles. The second kappa shape index (κ2) is 8.44. The van der Waals surface area contributed by atoms with Crippen LogP contribution in [0.1, 0.15) is 41.3 Å². The average molecular weight is 421 g/mol. The fourth-order valence-electron chi connectivity index (χ4n) is 3.59. The number of aromatic nitrogens is 4. The molecule has 0 unspecified atom stereocenters. The molecule has 0 fully saturated rings. The van der Waals surface area contributed by atoms with Gasteiger partial charge in [0.05, 0.1) is 16.7 Å². The third-order valence-corrected chi connectivity index (χ3v) is 6.17. The number of para-hydroxylation sites is 1. The van der Waals surface area contributed by atoms with Crippen LogP contribution in [0, 0.1) is 13.8 Å². The number of hydrogen-bond acceptors (Lipinski definition) is 5.